The molecule has 0 aromatic heterocycles. The number of carbonyl (C=O) groups excluding carboxylic acids is 1. The predicted octanol–water partition coefficient (Wildman–Crippen LogP) is 0.445. The number of benzene rings is 1. The fourth-order valence-electron chi connectivity index (χ4n) is 1.29. The first-order chi connectivity index (χ1) is 8.03. The van der Waals surface area contributed by atoms with Crippen molar-refractivity contribution in [1.82, 2.24) is 4.31 Å². The first kappa shape index (κ1) is 11.9. The van der Waals surface area contributed by atoms with Crippen molar-refractivity contribution in [1.29, 1.82) is 0 Å². The van der Waals surface area contributed by atoms with Crippen molar-refractivity contribution in [2.75, 3.05) is 24.9 Å². The average molecular weight is 256 g/mol. The smallest absolute Gasteiger partial charge is 0.337 e. The molecule has 0 bridgehead atoms. The minimum atomic E-state index is -3.41. The molecule has 0 spiro atoms. The molecule has 0 atom stereocenters. The monoisotopic (exact) mass is 256 g/mol. The van der Waals surface area contributed by atoms with Gasteiger partial charge in [-0.15, -0.1) is 0 Å². The first-order valence-corrected chi connectivity index (χ1v) is 6.43. The lowest BCUT2D eigenvalue weighted by Crippen LogP contribution is -2.20. The van der Waals surface area contributed by atoms with Crippen LogP contribution in [0.5, 0.6) is 0 Å². The fraction of sp³-hybridized carbons (Fsp3) is 0.300. The summed E-state index contributed by atoms with van der Waals surface area (Å²) < 4.78 is 31.4. The molecule has 1 fully saturated rings. The van der Waals surface area contributed by atoms with Crippen molar-refractivity contribution >= 4 is 21.9 Å². The zero-order valence-corrected chi connectivity index (χ0v) is 10.0. The maximum absolute atomic E-state index is 11.6. The molecule has 0 amide bonds. The van der Waals surface area contributed by atoms with E-state index in [1.807, 2.05) is 0 Å². The lowest BCUT2D eigenvalue weighted by molar-refractivity contribution is 0.0601. The summed E-state index contributed by atoms with van der Waals surface area (Å²) in [7, 11) is -2.12. The van der Waals surface area contributed by atoms with Crippen molar-refractivity contribution in [3.05, 3.63) is 29.8 Å². The summed E-state index contributed by atoms with van der Waals surface area (Å²) in [6, 6.07) is 6.05. The molecule has 0 aliphatic carbocycles. The van der Waals surface area contributed by atoms with Gasteiger partial charge in [0, 0.05) is 18.8 Å². The summed E-state index contributed by atoms with van der Waals surface area (Å²) >= 11 is 0. The van der Waals surface area contributed by atoms with E-state index in [-0.39, 0.29) is 0 Å². The van der Waals surface area contributed by atoms with Gasteiger partial charge in [0.15, 0.2) is 0 Å². The second-order valence-electron chi connectivity index (χ2n) is 3.58. The number of esters is 1. The van der Waals surface area contributed by atoms with Gasteiger partial charge in [-0.3, -0.25) is 4.72 Å². The molecular weight excluding hydrogens is 244 g/mol. The van der Waals surface area contributed by atoms with Gasteiger partial charge in [0.25, 0.3) is 0 Å². The Balaban J connectivity index is 2.10. The van der Waals surface area contributed by atoms with Crippen LogP contribution in [0.2, 0.25) is 0 Å². The van der Waals surface area contributed by atoms with Crippen molar-refractivity contribution in [2.24, 2.45) is 0 Å². The molecule has 1 heterocycles. The second-order valence-corrected chi connectivity index (χ2v) is 5.25. The fourth-order valence-corrected chi connectivity index (χ4v) is 2.41. The van der Waals surface area contributed by atoms with Crippen molar-refractivity contribution in [3.63, 3.8) is 0 Å². The largest absolute Gasteiger partial charge is 0.465 e. The number of hydrogen-bond donors (Lipinski definition) is 1. The van der Waals surface area contributed by atoms with Crippen LogP contribution in [0.4, 0.5) is 5.69 Å². The summed E-state index contributed by atoms with van der Waals surface area (Å²) in [5.41, 5.74) is 0.798. The molecule has 1 aliphatic heterocycles. The Morgan fingerprint density at radius 2 is 1.88 bits per heavy atom. The minimum absolute atomic E-state index is 0.377. The van der Waals surface area contributed by atoms with Gasteiger partial charge in [-0.05, 0) is 24.3 Å². The molecule has 0 radical (unpaired) electrons. The van der Waals surface area contributed by atoms with Crippen LogP contribution in [-0.2, 0) is 14.9 Å². The van der Waals surface area contributed by atoms with Crippen LogP contribution < -0.4 is 4.72 Å². The maximum atomic E-state index is 11.6. The SMILES string of the molecule is COC(=O)c1ccc(NS(=O)(=O)N2CC2)cc1. The molecule has 6 nitrogen and oxygen atoms in total. The van der Waals surface area contributed by atoms with E-state index in [1.165, 1.54) is 35.7 Å². The molecule has 1 N–H and O–H groups in total. The zero-order chi connectivity index (χ0) is 12.5. The maximum Gasteiger partial charge on any atom is 0.337 e. The van der Waals surface area contributed by atoms with E-state index in [1.54, 1.807) is 0 Å². The van der Waals surface area contributed by atoms with Gasteiger partial charge in [-0.1, -0.05) is 0 Å². The molecule has 0 saturated carbocycles. The van der Waals surface area contributed by atoms with E-state index < -0.39 is 16.2 Å². The van der Waals surface area contributed by atoms with Gasteiger partial charge < -0.3 is 4.74 Å². The number of nitrogens with one attached hydrogen (secondary N) is 1. The minimum Gasteiger partial charge on any atom is -0.465 e. The van der Waals surface area contributed by atoms with Gasteiger partial charge >= 0.3 is 16.2 Å². The molecule has 2 rings (SSSR count). The number of carbonyl (C=O) groups is 1. The van der Waals surface area contributed by atoms with E-state index in [0.29, 0.717) is 24.3 Å². The van der Waals surface area contributed by atoms with E-state index in [4.69, 9.17) is 0 Å². The van der Waals surface area contributed by atoms with E-state index in [2.05, 4.69) is 9.46 Å². The molecule has 1 aromatic carbocycles. The van der Waals surface area contributed by atoms with E-state index in [9.17, 15) is 13.2 Å². The summed E-state index contributed by atoms with van der Waals surface area (Å²) in [5, 5.41) is 0. The standard InChI is InChI=1S/C10H12N2O4S/c1-16-10(13)8-2-4-9(5-3-8)11-17(14,15)12-6-7-12/h2-5,11H,6-7H2,1H3. The molecule has 1 aromatic rings. The molecule has 1 saturated heterocycles. The van der Waals surface area contributed by atoms with Crippen LogP contribution in [0.1, 0.15) is 10.4 Å². The number of rotatable bonds is 4. The number of anilines is 1. The van der Waals surface area contributed by atoms with Crippen molar-refractivity contribution in [2.45, 2.75) is 0 Å². The molecular formula is C10H12N2O4S. The van der Waals surface area contributed by atoms with Gasteiger partial charge in [-0.2, -0.15) is 12.7 Å². The Morgan fingerprint density at radius 1 is 1.29 bits per heavy atom. The Bertz CT molecular complexity index is 520. The lowest BCUT2D eigenvalue weighted by atomic mass is 10.2. The number of hydrogen-bond acceptors (Lipinski definition) is 4. The predicted molar refractivity (Wildman–Crippen MR) is 61.9 cm³/mol. The van der Waals surface area contributed by atoms with E-state index in [0.717, 1.165) is 0 Å². The summed E-state index contributed by atoms with van der Waals surface area (Å²) in [6.45, 7) is 1.10. The van der Waals surface area contributed by atoms with Gasteiger partial charge in [-0.25, -0.2) is 4.79 Å². The molecule has 0 unspecified atom stereocenters. The zero-order valence-electron chi connectivity index (χ0n) is 9.21. The van der Waals surface area contributed by atoms with Crippen molar-refractivity contribution < 1.29 is 17.9 Å². The first-order valence-electron chi connectivity index (χ1n) is 4.99. The Labute approximate surface area is 99.4 Å². The summed E-state index contributed by atoms with van der Waals surface area (Å²) in [4.78, 5) is 11.2. The van der Waals surface area contributed by atoms with Crippen LogP contribution in [0.3, 0.4) is 0 Å². The van der Waals surface area contributed by atoms with Crippen LogP contribution in [-0.4, -0.2) is 38.9 Å². The summed E-state index contributed by atoms with van der Waals surface area (Å²) in [6.07, 6.45) is 0. The van der Waals surface area contributed by atoms with Crippen LogP contribution in [0, 0.1) is 0 Å². The number of nitrogens with zero attached hydrogens (tertiary/aromatic N) is 1. The van der Waals surface area contributed by atoms with Gasteiger partial charge in [0.2, 0.25) is 0 Å². The molecule has 92 valence electrons. The van der Waals surface area contributed by atoms with Crippen molar-refractivity contribution in [3.8, 4) is 0 Å². The van der Waals surface area contributed by atoms with Crippen LogP contribution in [0.15, 0.2) is 24.3 Å². The van der Waals surface area contributed by atoms with Crippen LogP contribution >= 0.6 is 0 Å². The highest BCUT2D eigenvalue weighted by Crippen LogP contribution is 2.17. The highest BCUT2D eigenvalue weighted by molar-refractivity contribution is 7.90. The lowest BCUT2D eigenvalue weighted by Gasteiger charge is -2.08. The number of methoxy groups -OCH3 is 1. The highest BCUT2D eigenvalue weighted by Gasteiger charge is 2.31. The summed E-state index contributed by atoms with van der Waals surface area (Å²) in [5.74, 6) is -0.453. The van der Waals surface area contributed by atoms with Crippen LogP contribution in [0.25, 0.3) is 0 Å². The number of ether oxygens (including phenoxy) is 1. The third kappa shape index (κ3) is 2.75. The average Bonchev–Trinajstić information content (AvgIpc) is 3.12. The Kier molecular flexibility index (Phi) is 3.03. The Morgan fingerprint density at radius 3 is 2.35 bits per heavy atom. The Hall–Kier alpha value is -1.60. The van der Waals surface area contributed by atoms with E-state index >= 15 is 0 Å². The molecule has 1 aliphatic rings. The third-order valence-electron chi connectivity index (χ3n) is 2.30. The molecule has 17 heavy (non-hydrogen) atoms. The normalized spacial score (nSPS) is 15.4. The van der Waals surface area contributed by atoms with Gasteiger partial charge in [0.05, 0.1) is 12.7 Å². The quantitative estimate of drug-likeness (QED) is 0.626. The second kappa shape index (κ2) is 4.34. The third-order valence-corrected chi connectivity index (χ3v) is 3.84. The van der Waals surface area contributed by atoms with Gasteiger partial charge in [0.1, 0.15) is 0 Å². The highest BCUT2D eigenvalue weighted by atomic mass is 32.2. The molecule has 7 heteroatoms. The topological polar surface area (TPSA) is 75.5 Å².